The Morgan fingerprint density at radius 2 is 1.70 bits per heavy atom. The lowest BCUT2D eigenvalue weighted by molar-refractivity contribution is 0.587. The monoisotopic (exact) mass is 362 g/mol. The molecular formula is C21H26N6. The second kappa shape index (κ2) is 5.87. The quantitative estimate of drug-likeness (QED) is 0.541. The van der Waals surface area contributed by atoms with E-state index in [4.69, 9.17) is 10.1 Å². The Hall–Kier alpha value is -2.76. The predicted molar refractivity (Wildman–Crippen MR) is 106 cm³/mol. The summed E-state index contributed by atoms with van der Waals surface area (Å²) in [7, 11) is 0. The van der Waals surface area contributed by atoms with Crippen LogP contribution in [0.2, 0.25) is 0 Å². The predicted octanol–water partition coefficient (Wildman–Crippen LogP) is 3.96. The van der Waals surface area contributed by atoms with E-state index in [-0.39, 0.29) is 10.8 Å². The van der Waals surface area contributed by atoms with E-state index < -0.39 is 0 Å². The lowest BCUT2D eigenvalue weighted by Crippen LogP contribution is -2.14. The summed E-state index contributed by atoms with van der Waals surface area (Å²) in [5.74, 6) is 0. The highest BCUT2D eigenvalue weighted by Gasteiger charge is 2.26. The SMILES string of the molecule is CC(C)(C)c1cnn2cc(Cc3nn4cccnc4c3C(C)(C)C)ncc12. The third-order valence-corrected chi connectivity index (χ3v) is 4.83. The van der Waals surface area contributed by atoms with Crippen LogP contribution in [0.5, 0.6) is 0 Å². The summed E-state index contributed by atoms with van der Waals surface area (Å²) in [4.78, 5) is 9.26. The first-order chi connectivity index (χ1) is 12.6. The van der Waals surface area contributed by atoms with Crippen LogP contribution >= 0.6 is 0 Å². The van der Waals surface area contributed by atoms with Gasteiger partial charge in [-0.25, -0.2) is 14.0 Å². The van der Waals surface area contributed by atoms with Crippen molar-refractivity contribution in [2.45, 2.75) is 58.8 Å². The molecule has 6 nitrogen and oxygen atoms in total. The number of nitrogens with zero attached hydrogens (tertiary/aromatic N) is 6. The van der Waals surface area contributed by atoms with Crippen LogP contribution < -0.4 is 0 Å². The lowest BCUT2D eigenvalue weighted by atomic mass is 9.86. The molecule has 0 radical (unpaired) electrons. The number of fused-ring (bicyclic) bond motifs is 2. The first-order valence-electron chi connectivity index (χ1n) is 9.30. The van der Waals surface area contributed by atoms with Gasteiger partial charge in [0.2, 0.25) is 0 Å². The fourth-order valence-electron chi connectivity index (χ4n) is 3.59. The van der Waals surface area contributed by atoms with Gasteiger partial charge >= 0.3 is 0 Å². The highest BCUT2D eigenvalue weighted by molar-refractivity contribution is 5.56. The first kappa shape index (κ1) is 17.6. The van der Waals surface area contributed by atoms with E-state index in [2.05, 4.69) is 51.6 Å². The van der Waals surface area contributed by atoms with Crippen LogP contribution in [0.1, 0.15) is 64.1 Å². The van der Waals surface area contributed by atoms with Crippen molar-refractivity contribution in [2.75, 3.05) is 0 Å². The van der Waals surface area contributed by atoms with Crippen molar-refractivity contribution < 1.29 is 0 Å². The number of hydrogen-bond acceptors (Lipinski definition) is 4. The highest BCUT2D eigenvalue weighted by atomic mass is 15.3. The van der Waals surface area contributed by atoms with Gasteiger partial charge in [0, 0.05) is 29.9 Å². The van der Waals surface area contributed by atoms with Crippen LogP contribution in [0.25, 0.3) is 11.2 Å². The Morgan fingerprint density at radius 1 is 0.926 bits per heavy atom. The Balaban J connectivity index is 1.79. The summed E-state index contributed by atoms with van der Waals surface area (Å²) < 4.78 is 3.79. The number of rotatable bonds is 2. The molecule has 0 unspecified atom stereocenters. The van der Waals surface area contributed by atoms with E-state index in [9.17, 15) is 0 Å². The van der Waals surface area contributed by atoms with Gasteiger partial charge in [-0.05, 0) is 16.9 Å². The van der Waals surface area contributed by atoms with Gasteiger partial charge in [0.25, 0.3) is 0 Å². The molecule has 4 rings (SSSR count). The summed E-state index contributed by atoms with van der Waals surface area (Å²) >= 11 is 0. The molecule has 4 aromatic rings. The van der Waals surface area contributed by atoms with Gasteiger partial charge in [0.1, 0.15) is 0 Å². The normalized spacial score (nSPS) is 13.0. The molecule has 0 saturated heterocycles. The fourth-order valence-corrected chi connectivity index (χ4v) is 3.59. The Labute approximate surface area is 159 Å². The largest absolute Gasteiger partial charge is 0.257 e. The molecule has 0 atom stereocenters. The average molecular weight is 362 g/mol. The fraction of sp³-hybridized carbons (Fsp3) is 0.429. The Kier molecular flexibility index (Phi) is 3.84. The average Bonchev–Trinajstić information content (AvgIpc) is 3.14. The molecule has 4 aromatic heterocycles. The topological polar surface area (TPSA) is 60.4 Å². The molecule has 0 N–H and O–H groups in total. The van der Waals surface area contributed by atoms with Crippen molar-refractivity contribution in [3.05, 3.63) is 59.6 Å². The third-order valence-electron chi connectivity index (χ3n) is 4.83. The van der Waals surface area contributed by atoms with Gasteiger partial charge in [-0.2, -0.15) is 10.2 Å². The Morgan fingerprint density at radius 3 is 2.41 bits per heavy atom. The van der Waals surface area contributed by atoms with Gasteiger partial charge in [-0.15, -0.1) is 0 Å². The van der Waals surface area contributed by atoms with E-state index in [1.807, 2.05) is 46.1 Å². The maximum absolute atomic E-state index is 4.78. The van der Waals surface area contributed by atoms with Gasteiger partial charge in [0.15, 0.2) is 5.65 Å². The molecule has 0 saturated carbocycles. The van der Waals surface area contributed by atoms with Gasteiger partial charge in [-0.3, -0.25) is 4.98 Å². The van der Waals surface area contributed by atoms with Crippen molar-refractivity contribution in [2.24, 2.45) is 0 Å². The van der Waals surface area contributed by atoms with E-state index in [1.165, 1.54) is 11.1 Å². The first-order valence-corrected chi connectivity index (χ1v) is 9.30. The summed E-state index contributed by atoms with van der Waals surface area (Å²) in [5, 5.41) is 9.32. The van der Waals surface area contributed by atoms with Crippen LogP contribution in [0.4, 0.5) is 0 Å². The molecule has 0 bridgehead atoms. The highest BCUT2D eigenvalue weighted by Crippen LogP contribution is 2.30. The molecule has 0 fully saturated rings. The van der Waals surface area contributed by atoms with Gasteiger partial charge < -0.3 is 0 Å². The minimum atomic E-state index is -0.0549. The molecule has 4 heterocycles. The van der Waals surface area contributed by atoms with Crippen molar-refractivity contribution in [1.82, 2.24) is 29.2 Å². The minimum absolute atomic E-state index is 0.0393. The van der Waals surface area contributed by atoms with Crippen LogP contribution in [-0.4, -0.2) is 29.2 Å². The van der Waals surface area contributed by atoms with Crippen LogP contribution in [0, 0.1) is 0 Å². The molecule has 0 aliphatic carbocycles. The number of hydrogen-bond donors (Lipinski definition) is 0. The smallest absolute Gasteiger partial charge is 0.158 e. The molecule has 6 heteroatoms. The van der Waals surface area contributed by atoms with E-state index in [1.54, 1.807) is 0 Å². The van der Waals surface area contributed by atoms with Gasteiger partial charge in [-0.1, -0.05) is 41.5 Å². The van der Waals surface area contributed by atoms with Crippen molar-refractivity contribution >= 4 is 11.2 Å². The lowest BCUT2D eigenvalue weighted by Gasteiger charge is -2.18. The molecule has 0 aliphatic rings. The van der Waals surface area contributed by atoms with Crippen molar-refractivity contribution in [1.29, 1.82) is 0 Å². The molecule has 140 valence electrons. The maximum Gasteiger partial charge on any atom is 0.158 e. The van der Waals surface area contributed by atoms with E-state index >= 15 is 0 Å². The zero-order valence-corrected chi connectivity index (χ0v) is 16.9. The van der Waals surface area contributed by atoms with Crippen LogP contribution in [0.3, 0.4) is 0 Å². The number of aromatic nitrogens is 6. The second-order valence-corrected chi connectivity index (χ2v) is 9.15. The van der Waals surface area contributed by atoms with Crippen molar-refractivity contribution in [3.8, 4) is 0 Å². The standard InChI is InChI=1S/C21H26N6/c1-20(2,3)15-11-24-27-13-14(23-12-17(15)27)10-16-18(21(4,5)6)19-22-8-7-9-26(19)25-16/h7-9,11-13H,10H2,1-6H3. The summed E-state index contributed by atoms with van der Waals surface area (Å²) in [5.41, 5.74) is 6.28. The minimum Gasteiger partial charge on any atom is -0.257 e. The Bertz CT molecular complexity index is 1120. The molecular weight excluding hydrogens is 336 g/mol. The van der Waals surface area contributed by atoms with E-state index in [0.717, 1.165) is 22.6 Å². The van der Waals surface area contributed by atoms with Gasteiger partial charge in [0.05, 0.1) is 35.5 Å². The third kappa shape index (κ3) is 3.09. The maximum atomic E-state index is 4.78. The zero-order chi connectivity index (χ0) is 19.4. The van der Waals surface area contributed by atoms with Crippen LogP contribution in [-0.2, 0) is 17.3 Å². The molecule has 0 amide bonds. The second-order valence-electron chi connectivity index (χ2n) is 9.15. The summed E-state index contributed by atoms with van der Waals surface area (Å²) in [6.07, 6.45) is 10.3. The molecule has 0 aromatic carbocycles. The van der Waals surface area contributed by atoms with E-state index in [0.29, 0.717) is 6.42 Å². The van der Waals surface area contributed by atoms with Crippen LogP contribution in [0.15, 0.2) is 37.1 Å². The molecule has 0 spiro atoms. The van der Waals surface area contributed by atoms with Crippen molar-refractivity contribution in [3.63, 3.8) is 0 Å². The zero-order valence-electron chi connectivity index (χ0n) is 16.9. The summed E-state index contributed by atoms with van der Waals surface area (Å²) in [6, 6.07) is 1.90. The molecule has 0 aliphatic heterocycles. The summed E-state index contributed by atoms with van der Waals surface area (Å²) in [6.45, 7) is 13.2. The molecule has 27 heavy (non-hydrogen) atoms.